The van der Waals surface area contributed by atoms with Gasteiger partial charge in [0, 0.05) is 5.92 Å². The first-order valence-corrected chi connectivity index (χ1v) is 13.2. The summed E-state index contributed by atoms with van der Waals surface area (Å²) in [4.78, 5) is 38.9. The van der Waals surface area contributed by atoms with Crippen molar-refractivity contribution < 1.29 is 33.7 Å². The molecule has 2 heterocycles. The minimum atomic E-state index is -0.913. The van der Waals surface area contributed by atoms with Crippen LogP contribution >= 0.6 is 22.6 Å². The van der Waals surface area contributed by atoms with Gasteiger partial charge in [-0.25, -0.2) is 4.79 Å². The van der Waals surface area contributed by atoms with Gasteiger partial charge in [-0.2, -0.15) is 4.90 Å². The molecule has 0 radical (unpaired) electrons. The number of halogens is 1. The number of likely N-dealkylation sites (tertiary alicyclic amines) is 1. The third kappa shape index (κ3) is 4.67. The van der Waals surface area contributed by atoms with Gasteiger partial charge >= 0.3 is 6.09 Å². The fraction of sp³-hybridized carbons (Fsp3) is 0.519. The number of fused-ring (bicyclic) bond motifs is 3. The van der Waals surface area contributed by atoms with E-state index in [1.165, 1.54) is 14.2 Å². The zero-order valence-corrected chi connectivity index (χ0v) is 23.3. The normalized spacial score (nSPS) is 26.0. The molecule has 3 amide bonds. The van der Waals surface area contributed by atoms with Crippen LogP contribution in [0, 0.1) is 27.2 Å². The molecule has 0 unspecified atom stereocenters. The monoisotopic (exact) mass is 609 g/mol. The zero-order chi connectivity index (χ0) is 26.3. The summed E-state index contributed by atoms with van der Waals surface area (Å²) in [7, 11) is 2.70. The molecule has 0 aromatic heterocycles. The lowest BCUT2D eigenvalue weighted by molar-refractivity contribution is -0.137. The lowest BCUT2D eigenvalue weighted by atomic mass is 9.67. The Balaban J connectivity index is 1.55. The molecule has 4 atom stereocenters. The molecular formula is C27H32INO7. The molecule has 36 heavy (non-hydrogen) atoms. The van der Waals surface area contributed by atoms with E-state index in [1.54, 1.807) is 6.07 Å². The summed E-state index contributed by atoms with van der Waals surface area (Å²) in [5, 5.41) is 10.1. The number of hydrogen-bond donors (Lipinski definition) is 1. The van der Waals surface area contributed by atoms with Crippen LogP contribution in [0.1, 0.15) is 45.6 Å². The number of phenolic OH excluding ortho intramolecular Hbond substituents is 1. The Bertz CT molecular complexity index is 1160. The van der Waals surface area contributed by atoms with E-state index in [0.717, 1.165) is 35.1 Å². The predicted molar refractivity (Wildman–Crippen MR) is 141 cm³/mol. The number of phenols is 1. The van der Waals surface area contributed by atoms with E-state index in [4.69, 9.17) is 14.2 Å². The summed E-state index contributed by atoms with van der Waals surface area (Å²) in [5.74, 6) is -1.50. The molecular weight excluding hydrogens is 577 g/mol. The summed E-state index contributed by atoms with van der Waals surface area (Å²) in [6, 6.07) is 3.71. The van der Waals surface area contributed by atoms with Crippen molar-refractivity contribution in [3.8, 4) is 11.5 Å². The van der Waals surface area contributed by atoms with Gasteiger partial charge in [0.25, 0.3) is 0 Å². The van der Waals surface area contributed by atoms with E-state index in [0.29, 0.717) is 27.2 Å². The number of nitrogens with zero attached hydrogens (tertiary/aromatic N) is 1. The van der Waals surface area contributed by atoms with E-state index in [9.17, 15) is 19.5 Å². The van der Waals surface area contributed by atoms with Crippen molar-refractivity contribution in [2.45, 2.75) is 46.1 Å². The Morgan fingerprint density at radius 1 is 1.25 bits per heavy atom. The maximum atomic E-state index is 13.1. The summed E-state index contributed by atoms with van der Waals surface area (Å²) < 4.78 is 16.9. The molecule has 2 aliphatic heterocycles. The number of allylic oxidation sites excluding steroid dienone is 2. The third-order valence-electron chi connectivity index (χ3n) is 7.48. The van der Waals surface area contributed by atoms with E-state index in [-0.39, 0.29) is 23.7 Å². The van der Waals surface area contributed by atoms with Crippen LogP contribution in [0.4, 0.5) is 4.79 Å². The van der Waals surface area contributed by atoms with E-state index in [2.05, 4.69) is 49.4 Å². The van der Waals surface area contributed by atoms with Crippen molar-refractivity contribution in [3.05, 3.63) is 38.0 Å². The molecule has 4 rings (SSSR count). The number of benzene rings is 1. The van der Waals surface area contributed by atoms with Gasteiger partial charge < -0.3 is 19.3 Å². The lowest BCUT2D eigenvalue weighted by Crippen LogP contribution is -2.38. The fourth-order valence-corrected chi connectivity index (χ4v) is 6.40. The number of imide groups is 3. The maximum Gasteiger partial charge on any atom is 0.423 e. The largest absolute Gasteiger partial charge is 0.504 e. The Kier molecular flexibility index (Phi) is 7.80. The molecule has 2 saturated heterocycles. The highest BCUT2D eigenvalue weighted by Crippen LogP contribution is 2.51. The molecule has 1 aromatic carbocycles. The van der Waals surface area contributed by atoms with Crippen LogP contribution in [0.3, 0.4) is 0 Å². The van der Waals surface area contributed by atoms with E-state index >= 15 is 0 Å². The Morgan fingerprint density at radius 3 is 2.61 bits per heavy atom. The minimum Gasteiger partial charge on any atom is -0.504 e. The molecule has 8 nitrogen and oxygen atoms in total. The molecule has 1 N–H and O–H groups in total. The van der Waals surface area contributed by atoms with Crippen molar-refractivity contribution in [2.24, 2.45) is 23.7 Å². The number of ether oxygens (including phenoxy) is 3. The van der Waals surface area contributed by atoms with Crippen molar-refractivity contribution in [1.82, 2.24) is 4.90 Å². The SMILES string of the molecule is COC(=O)N1C(=O)[C@@H]2[C@@H](CC(C(C)C)=C3[C@@H](CC/C(C)=C/c4cc(I)c(O)c(OC)c4)OC[C@@H]32)C1=O. The number of methoxy groups -OCH3 is 2. The van der Waals surface area contributed by atoms with Crippen LogP contribution < -0.4 is 4.74 Å². The van der Waals surface area contributed by atoms with Crippen molar-refractivity contribution in [1.29, 1.82) is 0 Å². The maximum absolute atomic E-state index is 13.1. The summed E-state index contributed by atoms with van der Waals surface area (Å²) in [5.41, 5.74) is 4.39. The fourth-order valence-electron chi connectivity index (χ4n) is 5.78. The van der Waals surface area contributed by atoms with Gasteiger partial charge in [0.1, 0.15) is 0 Å². The number of hydrogen-bond acceptors (Lipinski definition) is 7. The first kappa shape index (κ1) is 26.7. The number of carbonyl (C=O) groups is 3. The lowest BCUT2D eigenvalue weighted by Gasteiger charge is -2.33. The highest BCUT2D eigenvalue weighted by Gasteiger charge is 2.59. The summed E-state index contributed by atoms with van der Waals surface area (Å²) >= 11 is 2.08. The molecule has 1 aromatic rings. The molecule has 9 heteroatoms. The molecule has 3 aliphatic rings. The summed E-state index contributed by atoms with van der Waals surface area (Å²) in [6.45, 7) is 6.61. The summed E-state index contributed by atoms with van der Waals surface area (Å²) in [6.07, 6.45) is 3.01. The van der Waals surface area contributed by atoms with Gasteiger partial charge in [-0.05, 0) is 78.0 Å². The molecule has 194 valence electrons. The molecule has 2 fully saturated rings. The highest BCUT2D eigenvalue weighted by atomic mass is 127. The molecule has 0 saturated carbocycles. The topological polar surface area (TPSA) is 102 Å². The van der Waals surface area contributed by atoms with E-state index in [1.807, 2.05) is 6.07 Å². The smallest absolute Gasteiger partial charge is 0.423 e. The van der Waals surface area contributed by atoms with Gasteiger partial charge in [0.2, 0.25) is 11.8 Å². The first-order valence-electron chi connectivity index (χ1n) is 12.1. The van der Waals surface area contributed by atoms with Crippen LogP contribution in [0.5, 0.6) is 11.5 Å². The van der Waals surface area contributed by atoms with Crippen LogP contribution in [0.15, 0.2) is 28.9 Å². The average Bonchev–Trinajstić information content (AvgIpc) is 3.37. The number of aromatic hydroxyl groups is 1. The number of rotatable bonds is 6. The van der Waals surface area contributed by atoms with Crippen LogP contribution in [-0.4, -0.2) is 54.8 Å². The molecule has 1 aliphatic carbocycles. The van der Waals surface area contributed by atoms with E-state index < -0.39 is 29.7 Å². The van der Waals surface area contributed by atoms with Gasteiger partial charge in [-0.15, -0.1) is 0 Å². The second-order valence-electron chi connectivity index (χ2n) is 9.97. The van der Waals surface area contributed by atoms with Crippen LogP contribution in [0.2, 0.25) is 0 Å². The van der Waals surface area contributed by atoms with Gasteiger partial charge in [-0.1, -0.05) is 31.1 Å². The Morgan fingerprint density at radius 2 is 1.97 bits per heavy atom. The quantitative estimate of drug-likeness (QED) is 0.277. The zero-order valence-electron chi connectivity index (χ0n) is 21.2. The number of amides is 3. The predicted octanol–water partition coefficient (Wildman–Crippen LogP) is 4.93. The second-order valence-corrected chi connectivity index (χ2v) is 11.1. The number of carbonyl (C=O) groups excluding carboxylic acids is 3. The highest BCUT2D eigenvalue weighted by molar-refractivity contribution is 14.1. The van der Waals surface area contributed by atoms with Crippen LogP contribution in [-0.2, 0) is 19.1 Å². The second kappa shape index (κ2) is 10.5. The molecule has 0 spiro atoms. The average molecular weight is 609 g/mol. The van der Waals surface area contributed by atoms with Crippen molar-refractivity contribution >= 4 is 46.6 Å². The van der Waals surface area contributed by atoms with Crippen LogP contribution in [0.25, 0.3) is 6.08 Å². The first-order chi connectivity index (χ1) is 17.1. The Hall–Kier alpha value is -2.40. The standard InChI is InChI=1S/C27H32INO7/c1-13(2)16-11-17-23(26(32)29(25(17)31)27(33)35-5)18-12-36-20(22(16)18)7-6-14(3)8-15-9-19(28)24(30)21(10-15)34-4/h8-10,13,17-18,20,23,30H,6-7,11-12H2,1-5H3/b14-8+/t17-,18+,20-,23-/m1/s1. The Labute approximate surface area is 224 Å². The van der Waals surface area contributed by atoms with Crippen molar-refractivity contribution in [2.75, 3.05) is 20.8 Å². The van der Waals surface area contributed by atoms with Gasteiger partial charge in [0.15, 0.2) is 11.5 Å². The van der Waals surface area contributed by atoms with Crippen molar-refractivity contribution in [3.63, 3.8) is 0 Å². The van der Waals surface area contributed by atoms with Gasteiger partial charge in [0.05, 0.1) is 42.3 Å². The minimum absolute atomic E-state index is 0.132. The molecule has 0 bridgehead atoms. The third-order valence-corrected chi connectivity index (χ3v) is 8.31. The van der Waals surface area contributed by atoms with Gasteiger partial charge in [-0.3, -0.25) is 9.59 Å².